The smallest absolute Gasteiger partial charge is 0.229 e. The van der Waals surface area contributed by atoms with E-state index in [0.717, 1.165) is 37.0 Å². The lowest BCUT2D eigenvalue weighted by Gasteiger charge is -2.24. The number of hydrogen-bond donors (Lipinski definition) is 2. The molecule has 0 aliphatic heterocycles. The summed E-state index contributed by atoms with van der Waals surface area (Å²) in [6.45, 7) is 7.86. The number of nitrogens with zero attached hydrogens (tertiary/aromatic N) is 1. The molecule has 1 rings (SSSR count). The standard InChI is InChI=1S/C13H23N3O2S.ClH/c1-5-10-8-11(16(6-2)7-3)9-12(13(10)14)15-19(4,17)18;/h8-9,15H,5-7,14H2,1-4H3;1H. The van der Waals surface area contributed by atoms with Crippen LogP contribution >= 0.6 is 12.4 Å². The van der Waals surface area contributed by atoms with Gasteiger partial charge in [0.15, 0.2) is 0 Å². The second-order valence-electron chi connectivity index (χ2n) is 4.47. The fourth-order valence-electron chi connectivity index (χ4n) is 2.04. The van der Waals surface area contributed by atoms with Crippen LogP contribution < -0.4 is 15.4 Å². The van der Waals surface area contributed by atoms with Gasteiger partial charge in [0.2, 0.25) is 10.0 Å². The Kier molecular flexibility index (Phi) is 7.16. The van der Waals surface area contributed by atoms with Crippen LogP contribution in [0.2, 0.25) is 0 Å². The molecule has 20 heavy (non-hydrogen) atoms. The van der Waals surface area contributed by atoms with Crippen molar-refractivity contribution in [2.45, 2.75) is 27.2 Å². The van der Waals surface area contributed by atoms with Crippen LogP contribution in [-0.2, 0) is 16.4 Å². The first-order valence-electron chi connectivity index (χ1n) is 6.47. The molecule has 0 aliphatic carbocycles. The Morgan fingerprint density at radius 3 is 2.15 bits per heavy atom. The Morgan fingerprint density at radius 1 is 1.20 bits per heavy atom. The van der Waals surface area contributed by atoms with E-state index in [0.29, 0.717) is 11.4 Å². The van der Waals surface area contributed by atoms with E-state index in [9.17, 15) is 8.42 Å². The minimum absolute atomic E-state index is 0. The molecular formula is C13H24ClN3O2S. The minimum atomic E-state index is -3.33. The molecule has 0 fully saturated rings. The molecule has 5 nitrogen and oxygen atoms in total. The molecule has 3 N–H and O–H groups in total. The van der Waals surface area contributed by atoms with Crippen molar-refractivity contribution in [3.05, 3.63) is 17.7 Å². The molecule has 0 spiro atoms. The number of rotatable bonds is 6. The summed E-state index contributed by atoms with van der Waals surface area (Å²) < 4.78 is 25.3. The third kappa shape index (κ3) is 4.76. The van der Waals surface area contributed by atoms with Crippen molar-refractivity contribution in [1.29, 1.82) is 0 Å². The van der Waals surface area contributed by atoms with Gasteiger partial charge in [-0.3, -0.25) is 4.72 Å². The van der Waals surface area contributed by atoms with Gasteiger partial charge in [0.25, 0.3) is 0 Å². The maximum atomic E-state index is 11.4. The lowest BCUT2D eigenvalue weighted by Crippen LogP contribution is -2.22. The van der Waals surface area contributed by atoms with E-state index in [1.807, 2.05) is 13.0 Å². The number of benzene rings is 1. The first kappa shape index (κ1) is 18.9. The molecule has 116 valence electrons. The number of hydrogen-bond acceptors (Lipinski definition) is 4. The van der Waals surface area contributed by atoms with Gasteiger partial charge >= 0.3 is 0 Å². The molecular weight excluding hydrogens is 298 g/mol. The van der Waals surface area contributed by atoms with E-state index >= 15 is 0 Å². The number of halogens is 1. The van der Waals surface area contributed by atoms with Crippen molar-refractivity contribution in [2.24, 2.45) is 0 Å². The van der Waals surface area contributed by atoms with Crippen LogP contribution in [0.25, 0.3) is 0 Å². The van der Waals surface area contributed by atoms with Crippen molar-refractivity contribution in [3.63, 3.8) is 0 Å². The van der Waals surface area contributed by atoms with E-state index in [1.54, 1.807) is 6.07 Å². The summed E-state index contributed by atoms with van der Waals surface area (Å²) in [4.78, 5) is 2.16. The van der Waals surface area contributed by atoms with Gasteiger partial charge in [-0.15, -0.1) is 12.4 Å². The topological polar surface area (TPSA) is 75.4 Å². The summed E-state index contributed by atoms with van der Waals surface area (Å²) in [5.74, 6) is 0. The van der Waals surface area contributed by atoms with Gasteiger partial charge < -0.3 is 10.6 Å². The molecule has 0 heterocycles. The third-order valence-electron chi connectivity index (χ3n) is 3.06. The molecule has 0 bridgehead atoms. The fourth-order valence-corrected chi connectivity index (χ4v) is 2.61. The second-order valence-corrected chi connectivity index (χ2v) is 6.21. The van der Waals surface area contributed by atoms with Crippen LogP contribution in [0.5, 0.6) is 0 Å². The summed E-state index contributed by atoms with van der Waals surface area (Å²) in [6, 6.07) is 3.82. The maximum Gasteiger partial charge on any atom is 0.229 e. The van der Waals surface area contributed by atoms with Gasteiger partial charge in [0, 0.05) is 18.8 Å². The largest absolute Gasteiger partial charge is 0.397 e. The highest BCUT2D eigenvalue weighted by molar-refractivity contribution is 7.92. The molecule has 0 amide bonds. The molecule has 0 unspecified atom stereocenters. The van der Waals surface area contributed by atoms with Gasteiger partial charge in [-0.25, -0.2) is 8.42 Å². The molecule has 7 heteroatoms. The maximum absolute atomic E-state index is 11.4. The first-order valence-corrected chi connectivity index (χ1v) is 8.36. The first-order chi connectivity index (χ1) is 8.82. The van der Waals surface area contributed by atoms with Crippen LogP contribution in [-0.4, -0.2) is 27.8 Å². The Hall–Kier alpha value is -1.14. The number of anilines is 3. The molecule has 0 saturated heterocycles. The number of aryl methyl sites for hydroxylation is 1. The van der Waals surface area contributed by atoms with Crippen LogP contribution in [0.15, 0.2) is 12.1 Å². The highest BCUT2D eigenvalue weighted by Gasteiger charge is 2.13. The van der Waals surface area contributed by atoms with Crippen LogP contribution in [0.4, 0.5) is 17.1 Å². The normalized spacial score (nSPS) is 10.8. The predicted octanol–water partition coefficient (Wildman–Crippen LogP) is 2.47. The Labute approximate surface area is 128 Å². The molecule has 0 aromatic heterocycles. The van der Waals surface area contributed by atoms with E-state index in [1.165, 1.54) is 0 Å². The van der Waals surface area contributed by atoms with Crippen molar-refractivity contribution in [1.82, 2.24) is 0 Å². The van der Waals surface area contributed by atoms with Gasteiger partial charge in [0.05, 0.1) is 17.6 Å². The molecule has 0 aliphatic rings. The van der Waals surface area contributed by atoms with E-state index in [-0.39, 0.29) is 12.4 Å². The lowest BCUT2D eigenvalue weighted by molar-refractivity contribution is 0.607. The Bertz CT molecular complexity index is 543. The Balaban J connectivity index is 0.00000361. The number of nitrogens with one attached hydrogen (secondary N) is 1. The summed E-state index contributed by atoms with van der Waals surface area (Å²) >= 11 is 0. The number of sulfonamides is 1. The van der Waals surface area contributed by atoms with Crippen LogP contribution in [0, 0.1) is 0 Å². The highest BCUT2D eigenvalue weighted by Crippen LogP contribution is 2.31. The van der Waals surface area contributed by atoms with Crippen LogP contribution in [0.3, 0.4) is 0 Å². The molecule has 0 saturated carbocycles. The molecule has 1 aromatic rings. The average molecular weight is 322 g/mol. The molecule has 1 aromatic carbocycles. The fraction of sp³-hybridized carbons (Fsp3) is 0.538. The second kappa shape index (κ2) is 7.59. The summed E-state index contributed by atoms with van der Waals surface area (Å²) in [6.07, 6.45) is 1.89. The predicted molar refractivity (Wildman–Crippen MR) is 89.5 cm³/mol. The monoisotopic (exact) mass is 321 g/mol. The van der Waals surface area contributed by atoms with Crippen molar-refractivity contribution in [3.8, 4) is 0 Å². The van der Waals surface area contributed by atoms with E-state index in [2.05, 4.69) is 23.5 Å². The minimum Gasteiger partial charge on any atom is -0.397 e. The summed E-state index contributed by atoms with van der Waals surface area (Å²) in [5.41, 5.74) is 8.92. The van der Waals surface area contributed by atoms with Gasteiger partial charge in [-0.05, 0) is 38.0 Å². The zero-order valence-corrected chi connectivity index (χ0v) is 14.1. The van der Waals surface area contributed by atoms with Crippen molar-refractivity contribution in [2.75, 3.05) is 34.7 Å². The van der Waals surface area contributed by atoms with Crippen LogP contribution in [0.1, 0.15) is 26.3 Å². The zero-order valence-electron chi connectivity index (χ0n) is 12.4. The highest BCUT2D eigenvalue weighted by atomic mass is 35.5. The SMILES string of the molecule is CCc1cc(N(CC)CC)cc(NS(C)(=O)=O)c1N.Cl. The molecule has 0 atom stereocenters. The quantitative estimate of drug-likeness (QED) is 0.789. The molecule has 0 radical (unpaired) electrons. The Morgan fingerprint density at radius 2 is 1.75 bits per heavy atom. The average Bonchev–Trinajstić information content (AvgIpc) is 2.32. The van der Waals surface area contributed by atoms with E-state index in [4.69, 9.17) is 5.73 Å². The van der Waals surface area contributed by atoms with Gasteiger partial charge in [0.1, 0.15) is 0 Å². The zero-order chi connectivity index (χ0) is 14.6. The summed E-state index contributed by atoms with van der Waals surface area (Å²) in [5, 5.41) is 0. The number of nitrogen functional groups attached to an aromatic ring is 1. The lowest BCUT2D eigenvalue weighted by atomic mass is 10.1. The van der Waals surface area contributed by atoms with Crippen molar-refractivity contribution >= 4 is 39.5 Å². The van der Waals surface area contributed by atoms with Gasteiger partial charge in [-0.1, -0.05) is 6.92 Å². The van der Waals surface area contributed by atoms with E-state index < -0.39 is 10.0 Å². The van der Waals surface area contributed by atoms with Crippen molar-refractivity contribution < 1.29 is 8.42 Å². The number of nitrogens with two attached hydrogens (primary N) is 1. The summed E-state index contributed by atoms with van der Waals surface area (Å²) in [7, 11) is -3.33. The van der Waals surface area contributed by atoms with Gasteiger partial charge in [-0.2, -0.15) is 0 Å². The third-order valence-corrected chi connectivity index (χ3v) is 3.65.